The topological polar surface area (TPSA) is 114 Å². The Bertz CT molecular complexity index is 874. The zero-order valence-electron chi connectivity index (χ0n) is 13.9. The summed E-state index contributed by atoms with van der Waals surface area (Å²) in [4.78, 5) is 21.8. The maximum Gasteiger partial charge on any atom is 0.270 e. The average molecular weight is 412 g/mol. The first-order valence-corrected chi connectivity index (χ1v) is 8.49. The van der Waals surface area contributed by atoms with Gasteiger partial charge in [0.15, 0.2) is 0 Å². The van der Waals surface area contributed by atoms with Gasteiger partial charge in [0, 0.05) is 29.1 Å². The summed E-state index contributed by atoms with van der Waals surface area (Å²) in [6.45, 7) is 0.268. The number of phenols is 1. The number of amides is 1. The maximum atomic E-state index is 11.7. The van der Waals surface area contributed by atoms with Gasteiger partial charge < -0.3 is 9.84 Å². The van der Waals surface area contributed by atoms with Crippen molar-refractivity contribution in [3.63, 3.8) is 0 Å². The van der Waals surface area contributed by atoms with E-state index in [4.69, 9.17) is 27.9 Å². The van der Waals surface area contributed by atoms with Gasteiger partial charge in [0.1, 0.15) is 11.5 Å². The second-order valence-corrected chi connectivity index (χ2v) is 6.16. The van der Waals surface area contributed by atoms with E-state index in [0.717, 1.165) is 18.3 Å². The van der Waals surface area contributed by atoms with Crippen LogP contribution in [-0.4, -0.2) is 28.8 Å². The first kappa shape index (κ1) is 20.5. The van der Waals surface area contributed by atoms with Crippen LogP contribution in [0.2, 0.25) is 10.0 Å². The zero-order chi connectivity index (χ0) is 19.8. The van der Waals surface area contributed by atoms with E-state index >= 15 is 0 Å². The van der Waals surface area contributed by atoms with Crippen LogP contribution in [0.25, 0.3) is 0 Å². The van der Waals surface area contributed by atoms with E-state index in [1.807, 2.05) is 0 Å². The van der Waals surface area contributed by atoms with Crippen LogP contribution in [0.1, 0.15) is 18.4 Å². The molecule has 2 N–H and O–H groups in total. The van der Waals surface area contributed by atoms with Crippen LogP contribution in [0.15, 0.2) is 41.5 Å². The highest BCUT2D eigenvalue weighted by Crippen LogP contribution is 2.27. The van der Waals surface area contributed by atoms with Gasteiger partial charge in [-0.15, -0.1) is 0 Å². The Balaban J connectivity index is 1.77. The highest BCUT2D eigenvalue weighted by molar-refractivity contribution is 6.35. The first-order chi connectivity index (χ1) is 12.9. The predicted molar refractivity (Wildman–Crippen MR) is 102 cm³/mol. The number of carbonyl (C=O) groups excluding carboxylic acids is 1. The van der Waals surface area contributed by atoms with Crippen LogP contribution in [0.3, 0.4) is 0 Å². The molecule has 0 heterocycles. The maximum absolute atomic E-state index is 11.7. The van der Waals surface area contributed by atoms with Gasteiger partial charge in [0.2, 0.25) is 5.91 Å². The molecular weight excluding hydrogens is 397 g/mol. The molecule has 0 aliphatic rings. The molecule has 0 aliphatic heterocycles. The third-order valence-electron chi connectivity index (χ3n) is 3.31. The first-order valence-electron chi connectivity index (χ1n) is 7.74. The van der Waals surface area contributed by atoms with Crippen molar-refractivity contribution in [1.29, 1.82) is 0 Å². The number of hydrazone groups is 1. The number of carbonyl (C=O) groups is 1. The van der Waals surface area contributed by atoms with E-state index in [2.05, 4.69) is 10.5 Å². The van der Waals surface area contributed by atoms with Gasteiger partial charge in [0.25, 0.3) is 5.69 Å². The van der Waals surface area contributed by atoms with E-state index in [0.29, 0.717) is 22.2 Å². The number of nitrogens with one attached hydrogen (secondary N) is 1. The summed E-state index contributed by atoms with van der Waals surface area (Å²) in [6, 6.07) is 8.34. The number of nitrogens with zero attached hydrogens (tertiary/aromatic N) is 2. The molecule has 0 saturated carbocycles. The molecule has 2 aromatic rings. The summed E-state index contributed by atoms with van der Waals surface area (Å²) in [5.41, 5.74) is 2.20. The molecule has 10 heteroatoms. The van der Waals surface area contributed by atoms with Crippen molar-refractivity contribution in [2.24, 2.45) is 5.10 Å². The van der Waals surface area contributed by atoms with E-state index in [1.165, 1.54) is 6.07 Å². The Morgan fingerprint density at radius 2 is 2.07 bits per heavy atom. The highest BCUT2D eigenvalue weighted by atomic mass is 35.5. The molecule has 0 aromatic heterocycles. The molecule has 27 heavy (non-hydrogen) atoms. The molecule has 0 atom stereocenters. The third kappa shape index (κ3) is 6.43. The molecular formula is C17H15Cl2N3O5. The van der Waals surface area contributed by atoms with Crippen molar-refractivity contribution >= 4 is 41.0 Å². The molecule has 0 saturated heterocycles. The van der Waals surface area contributed by atoms with Gasteiger partial charge >= 0.3 is 0 Å². The Morgan fingerprint density at radius 1 is 1.30 bits per heavy atom. The van der Waals surface area contributed by atoms with Crippen LogP contribution < -0.4 is 10.2 Å². The lowest BCUT2D eigenvalue weighted by molar-refractivity contribution is -0.384. The Labute approximate surface area is 164 Å². The number of nitro benzene ring substituents is 1. The van der Waals surface area contributed by atoms with Gasteiger partial charge in [-0.05, 0) is 30.7 Å². The monoisotopic (exact) mass is 411 g/mol. The number of ether oxygens (including phenoxy) is 1. The quantitative estimate of drug-likeness (QED) is 0.295. The second-order valence-electron chi connectivity index (χ2n) is 5.32. The Morgan fingerprint density at radius 3 is 2.78 bits per heavy atom. The number of rotatable bonds is 8. The van der Waals surface area contributed by atoms with Gasteiger partial charge in [-0.1, -0.05) is 23.2 Å². The van der Waals surface area contributed by atoms with Crippen molar-refractivity contribution in [2.75, 3.05) is 6.61 Å². The molecule has 8 nitrogen and oxygen atoms in total. The van der Waals surface area contributed by atoms with Crippen LogP contribution in [0.4, 0.5) is 5.69 Å². The number of non-ortho nitro benzene ring substituents is 1. The van der Waals surface area contributed by atoms with E-state index in [1.54, 1.807) is 18.2 Å². The van der Waals surface area contributed by atoms with Crippen LogP contribution in [0.5, 0.6) is 11.5 Å². The van der Waals surface area contributed by atoms with Gasteiger partial charge in [0.05, 0.1) is 22.8 Å². The summed E-state index contributed by atoms with van der Waals surface area (Å²) < 4.78 is 5.46. The van der Waals surface area contributed by atoms with Crippen molar-refractivity contribution in [3.05, 3.63) is 62.1 Å². The summed E-state index contributed by atoms with van der Waals surface area (Å²) in [6.07, 6.45) is 1.69. The second kappa shape index (κ2) is 9.75. The number of phenolic OH excluding ortho intramolecular Hbond substituents is 1. The summed E-state index contributed by atoms with van der Waals surface area (Å²) in [5, 5.41) is 24.9. The molecule has 2 rings (SSSR count). The van der Waals surface area contributed by atoms with E-state index in [9.17, 15) is 20.0 Å². The molecule has 1 amide bonds. The standard InChI is InChI=1S/C17H15Cl2N3O5/c18-12-3-6-16(14(19)9-12)27-7-1-2-17(24)21-20-10-11-8-13(22(25)26)4-5-15(11)23/h3-6,8-10,23H,1-2,7H2,(H,21,24). The molecule has 0 spiro atoms. The largest absolute Gasteiger partial charge is 0.507 e. The molecule has 2 aromatic carbocycles. The lowest BCUT2D eigenvalue weighted by atomic mass is 10.2. The van der Waals surface area contributed by atoms with E-state index < -0.39 is 4.92 Å². The smallest absolute Gasteiger partial charge is 0.270 e. The molecule has 0 bridgehead atoms. The number of hydrogen-bond donors (Lipinski definition) is 2. The van der Waals surface area contributed by atoms with Gasteiger partial charge in [-0.25, -0.2) is 5.43 Å². The van der Waals surface area contributed by atoms with Crippen LogP contribution in [-0.2, 0) is 4.79 Å². The number of benzene rings is 2. The van der Waals surface area contributed by atoms with Crippen LogP contribution in [0, 0.1) is 10.1 Å². The average Bonchev–Trinajstić information content (AvgIpc) is 2.61. The summed E-state index contributed by atoms with van der Waals surface area (Å²) >= 11 is 11.8. The summed E-state index contributed by atoms with van der Waals surface area (Å²) in [5.74, 6) is -0.0885. The van der Waals surface area contributed by atoms with Gasteiger partial charge in [-0.2, -0.15) is 5.10 Å². The van der Waals surface area contributed by atoms with Crippen LogP contribution >= 0.6 is 23.2 Å². The normalized spacial score (nSPS) is 10.7. The molecule has 0 fully saturated rings. The predicted octanol–water partition coefficient (Wildman–Crippen LogP) is 3.92. The molecule has 0 aliphatic carbocycles. The number of halogens is 2. The molecule has 142 valence electrons. The van der Waals surface area contributed by atoms with Crippen molar-refractivity contribution in [3.8, 4) is 11.5 Å². The van der Waals surface area contributed by atoms with E-state index in [-0.39, 0.29) is 35.9 Å². The fourth-order valence-corrected chi connectivity index (χ4v) is 2.46. The molecule has 0 radical (unpaired) electrons. The lowest BCUT2D eigenvalue weighted by Crippen LogP contribution is -2.18. The SMILES string of the molecule is O=C(CCCOc1ccc(Cl)cc1Cl)NN=Cc1cc([N+](=O)[O-])ccc1O. The minimum atomic E-state index is -0.595. The number of nitro groups is 1. The number of aromatic hydroxyl groups is 1. The fraction of sp³-hybridized carbons (Fsp3) is 0.176. The van der Waals surface area contributed by atoms with Crippen molar-refractivity contribution in [1.82, 2.24) is 5.43 Å². The van der Waals surface area contributed by atoms with Crippen molar-refractivity contribution < 1.29 is 19.6 Å². The third-order valence-corrected chi connectivity index (χ3v) is 3.84. The Kier molecular flexibility index (Phi) is 7.39. The fourth-order valence-electron chi connectivity index (χ4n) is 2.00. The summed E-state index contributed by atoms with van der Waals surface area (Å²) in [7, 11) is 0. The highest BCUT2D eigenvalue weighted by Gasteiger charge is 2.09. The number of hydrogen-bond acceptors (Lipinski definition) is 6. The van der Waals surface area contributed by atoms with Crippen molar-refractivity contribution in [2.45, 2.75) is 12.8 Å². The Hall–Kier alpha value is -2.84. The minimum absolute atomic E-state index is 0.116. The van der Waals surface area contributed by atoms with Gasteiger partial charge in [-0.3, -0.25) is 14.9 Å². The zero-order valence-corrected chi connectivity index (χ0v) is 15.4. The lowest BCUT2D eigenvalue weighted by Gasteiger charge is -2.07. The molecule has 0 unspecified atom stereocenters. The minimum Gasteiger partial charge on any atom is -0.507 e.